The minimum atomic E-state index is -0.597. The van der Waals surface area contributed by atoms with Crippen LogP contribution in [0.1, 0.15) is 24.0 Å². The molecule has 1 amide bonds. The van der Waals surface area contributed by atoms with Crippen LogP contribution in [0.2, 0.25) is 0 Å². The molecule has 3 N–H and O–H groups in total. The zero-order chi connectivity index (χ0) is 14.0. The topological polar surface area (TPSA) is 72.9 Å². The van der Waals surface area contributed by atoms with Crippen molar-refractivity contribution < 1.29 is 4.79 Å². The van der Waals surface area contributed by atoms with E-state index in [-0.39, 0.29) is 5.91 Å². The number of hydrogen-bond acceptors (Lipinski definition) is 3. The van der Waals surface area contributed by atoms with E-state index < -0.39 is 5.54 Å². The molecule has 0 spiro atoms. The van der Waals surface area contributed by atoms with Crippen LogP contribution in [-0.2, 0) is 17.9 Å². The van der Waals surface area contributed by atoms with Gasteiger partial charge in [0, 0.05) is 18.9 Å². The summed E-state index contributed by atoms with van der Waals surface area (Å²) < 4.78 is 1.88. The Hall–Kier alpha value is -2.14. The van der Waals surface area contributed by atoms with Gasteiger partial charge in [0.05, 0.1) is 12.1 Å². The van der Waals surface area contributed by atoms with Crippen molar-refractivity contribution in [2.75, 3.05) is 0 Å². The molecule has 0 radical (unpaired) electrons. The average molecular weight is 270 g/mol. The average Bonchev–Trinajstić information content (AvgIpc) is 3.01. The van der Waals surface area contributed by atoms with Crippen LogP contribution in [0.3, 0.4) is 0 Å². The Morgan fingerprint density at radius 1 is 1.30 bits per heavy atom. The second-order valence-corrected chi connectivity index (χ2v) is 5.36. The molecule has 1 aromatic heterocycles. The predicted molar refractivity (Wildman–Crippen MR) is 75.8 cm³/mol. The smallest absolute Gasteiger partial charge is 0.240 e. The normalized spacial score (nSPS) is 15.8. The van der Waals surface area contributed by atoms with Crippen molar-refractivity contribution in [2.45, 2.75) is 31.5 Å². The lowest BCUT2D eigenvalue weighted by Crippen LogP contribution is -2.42. The molecule has 5 nitrogen and oxygen atoms in total. The molecule has 1 heterocycles. The van der Waals surface area contributed by atoms with Crippen molar-refractivity contribution in [3.8, 4) is 0 Å². The Balaban J connectivity index is 1.54. The van der Waals surface area contributed by atoms with Crippen LogP contribution >= 0.6 is 0 Å². The van der Waals surface area contributed by atoms with Crippen LogP contribution in [0, 0.1) is 0 Å². The highest BCUT2D eigenvalue weighted by Gasteiger charge is 2.45. The number of rotatable bonds is 5. The molecule has 0 saturated heterocycles. The largest absolute Gasteiger partial charge is 0.350 e. The summed E-state index contributed by atoms with van der Waals surface area (Å²) in [5, 5.41) is 7.06. The summed E-state index contributed by atoms with van der Waals surface area (Å²) in [5.41, 5.74) is 7.49. The highest BCUT2D eigenvalue weighted by molar-refractivity contribution is 5.88. The lowest BCUT2D eigenvalue weighted by Gasteiger charge is -2.10. The zero-order valence-electron chi connectivity index (χ0n) is 11.2. The summed E-state index contributed by atoms with van der Waals surface area (Å²) in [4.78, 5) is 11.7. The predicted octanol–water partition coefficient (Wildman–Crippen LogP) is 1.04. The van der Waals surface area contributed by atoms with Crippen molar-refractivity contribution in [3.05, 3.63) is 53.9 Å². The number of nitrogens with two attached hydrogens (primary N) is 1. The number of carbonyl (C=O) groups excluding carboxylic acids is 1. The van der Waals surface area contributed by atoms with Crippen LogP contribution in [0.25, 0.3) is 0 Å². The summed E-state index contributed by atoms with van der Waals surface area (Å²) >= 11 is 0. The Bertz CT molecular complexity index is 585. The molecule has 5 heteroatoms. The van der Waals surface area contributed by atoms with Gasteiger partial charge < -0.3 is 11.1 Å². The summed E-state index contributed by atoms with van der Waals surface area (Å²) in [6, 6.07) is 10.1. The molecule has 0 unspecified atom stereocenters. The van der Waals surface area contributed by atoms with Crippen LogP contribution < -0.4 is 11.1 Å². The molecule has 1 aromatic carbocycles. The number of carbonyl (C=O) groups is 1. The fourth-order valence-corrected chi connectivity index (χ4v) is 2.06. The second-order valence-electron chi connectivity index (χ2n) is 5.36. The van der Waals surface area contributed by atoms with E-state index in [1.807, 2.05) is 29.1 Å². The maximum atomic E-state index is 11.7. The van der Waals surface area contributed by atoms with Gasteiger partial charge in [-0.3, -0.25) is 9.48 Å². The highest BCUT2D eigenvalue weighted by atomic mass is 16.2. The fourth-order valence-electron chi connectivity index (χ4n) is 2.06. The van der Waals surface area contributed by atoms with Crippen LogP contribution in [0.4, 0.5) is 0 Å². The van der Waals surface area contributed by atoms with E-state index in [4.69, 9.17) is 5.73 Å². The summed E-state index contributed by atoms with van der Waals surface area (Å²) in [7, 11) is 0. The molecule has 2 aromatic rings. The number of nitrogens with zero attached hydrogens (tertiary/aromatic N) is 2. The van der Waals surface area contributed by atoms with Crippen LogP contribution in [-0.4, -0.2) is 21.2 Å². The molecule has 1 aliphatic carbocycles. The van der Waals surface area contributed by atoms with E-state index in [2.05, 4.69) is 22.5 Å². The van der Waals surface area contributed by atoms with Gasteiger partial charge in [0.15, 0.2) is 0 Å². The maximum absolute atomic E-state index is 11.7. The third kappa shape index (κ3) is 2.88. The van der Waals surface area contributed by atoms with E-state index in [1.54, 1.807) is 6.20 Å². The first-order valence-electron chi connectivity index (χ1n) is 6.78. The molecular weight excluding hydrogens is 252 g/mol. The number of nitrogens with one attached hydrogen (secondary N) is 1. The maximum Gasteiger partial charge on any atom is 0.240 e. The van der Waals surface area contributed by atoms with E-state index in [9.17, 15) is 4.79 Å². The van der Waals surface area contributed by atoms with Gasteiger partial charge in [-0.1, -0.05) is 24.3 Å². The Labute approximate surface area is 117 Å². The number of hydrogen-bond donors (Lipinski definition) is 2. The molecule has 104 valence electrons. The van der Waals surface area contributed by atoms with Crippen LogP contribution in [0.5, 0.6) is 0 Å². The monoisotopic (exact) mass is 270 g/mol. The first-order chi connectivity index (χ1) is 9.66. The van der Waals surface area contributed by atoms with Crippen LogP contribution in [0.15, 0.2) is 42.7 Å². The van der Waals surface area contributed by atoms with Crippen molar-refractivity contribution >= 4 is 5.91 Å². The lowest BCUT2D eigenvalue weighted by molar-refractivity contribution is -0.123. The minimum Gasteiger partial charge on any atom is -0.350 e. The van der Waals surface area contributed by atoms with Gasteiger partial charge in [0.25, 0.3) is 0 Å². The van der Waals surface area contributed by atoms with E-state index in [0.29, 0.717) is 6.54 Å². The highest BCUT2D eigenvalue weighted by Crippen LogP contribution is 2.32. The van der Waals surface area contributed by atoms with E-state index in [1.165, 1.54) is 5.56 Å². The van der Waals surface area contributed by atoms with Crippen molar-refractivity contribution in [2.24, 2.45) is 5.73 Å². The third-order valence-corrected chi connectivity index (χ3v) is 3.62. The standard InChI is InChI=1S/C15H18N4O/c16-15(6-7-15)14(20)17-10-12-2-4-13(5-3-12)11-19-9-1-8-18-19/h1-5,8-9H,6-7,10-11,16H2,(H,17,20). The molecule has 1 fully saturated rings. The Morgan fingerprint density at radius 2 is 2.00 bits per heavy atom. The fraction of sp³-hybridized carbons (Fsp3) is 0.333. The Morgan fingerprint density at radius 3 is 2.60 bits per heavy atom. The molecule has 0 bridgehead atoms. The van der Waals surface area contributed by atoms with Crippen molar-refractivity contribution in [3.63, 3.8) is 0 Å². The number of aromatic nitrogens is 2. The van der Waals surface area contributed by atoms with Crippen molar-refractivity contribution in [1.29, 1.82) is 0 Å². The quantitative estimate of drug-likeness (QED) is 0.852. The second kappa shape index (κ2) is 5.09. The van der Waals surface area contributed by atoms with Gasteiger partial charge in [-0.25, -0.2) is 0 Å². The molecule has 1 saturated carbocycles. The van der Waals surface area contributed by atoms with E-state index in [0.717, 1.165) is 24.9 Å². The third-order valence-electron chi connectivity index (χ3n) is 3.62. The van der Waals surface area contributed by atoms with E-state index >= 15 is 0 Å². The minimum absolute atomic E-state index is 0.0434. The van der Waals surface area contributed by atoms with Gasteiger partial charge in [-0.2, -0.15) is 5.10 Å². The van der Waals surface area contributed by atoms with Gasteiger partial charge in [-0.05, 0) is 30.0 Å². The first-order valence-corrected chi connectivity index (χ1v) is 6.78. The van der Waals surface area contributed by atoms with Gasteiger partial charge in [0.1, 0.15) is 0 Å². The first kappa shape index (κ1) is 12.9. The molecule has 20 heavy (non-hydrogen) atoms. The van der Waals surface area contributed by atoms with Gasteiger partial charge in [-0.15, -0.1) is 0 Å². The number of amides is 1. The molecule has 1 aliphatic rings. The summed E-state index contributed by atoms with van der Waals surface area (Å²) in [5.74, 6) is -0.0434. The SMILES string of the molecule is NC1(C(=O)NCc2ccc(Cn3cccn3)cc2)CC1. The number of benzene rings is 1. The summed E-state index contributed by atoms with van der Waals surface area (Å²) in [6.07, 6.45) is 5.29. The Kier molecular flexibility index (Phi) is 3.28. The van der Waals surface area contributed by atoms with Gasteiger partial charge in [0.2, 0.25) is 5.91 Å². The summed E-state index contributed by atoms with van der Waals surface area (Å²) in [6.45, 7) is 1.28. The molecule has 0 atom stereocenters. The lowest BCUT2D eigenvalue weighted by atomic mass is 10.1. The van der Waals surface area contributed by atoms with Gasteiger partial charge >= 0.3 is 0 Å². The van der Waals surface area contributed by atoms with Crippen molar-refractivity contribution in [1.82, 2.24) is 15.1 Å². The zero-order valence-corrected chi connectivity index (χ0v) is 11.2. The molecular formula is C15H18N4O. The molecule has 3 rings (SSSR count). The molecule has 0 aliphatic heterocycles.